The largest absolute Gasteiger partial charge is 0.497 e. The fourth-order valence-corrected chi connectivity index (χ4v) is 3.32. The van der Waals surface area contributed by atoms with Crippen LogP contribution in [0.4, 0.5) is 0 Å². The molecule has 0 bridgehead atoms. The molecule has 3 rings (SSSR count). The summed E-state index contributed by atoms with van der Waals surface area (Å²) >= 11 is 0. The van der Waals surface area contributed by atoms with Gasteiger partial charge in [0.2, 0.25) is 0 Å². The maximum atomic E-state index is 13.2. The van der Waals surface area contributed by atoms with Gasteiger partial charge in [0.1, 0.15) is 5.75 Å². The summed E-state index contributed by atoms with van der Waals surface area (Å²) in [7, 11) is 1.62. The van der Waals surface area contributed by atoms with E-state index in [2.05, 4.69) is 10.2 Å². The minimum absolute atomic E-state index is 0.112. The zero-order valence-corrected chi connectivity index (χ0v) is 14.8. The van der Waals surface area contributed by atoms with Gasteiger partial charge in [-0.25, -0.2) is 0 Å². The van der Waals surface area contributed by atoms with E-state index >= 15 is 0 Å². The monoisotopic (exact) mass is 341 g/mol. The molecular weight excluding hydrogens is 318 g/mol. The first kappa shape index (κ1) is 17.4. The minimum Gasteiger partial charge on any atom is -0.497 e. The van der Waals surface area contributed by atoms with E-state index in [9.17, 15) is 9.90 Å². The molecule has 1 saturated heterocycles. The first-order valence-electron chi connectivity index (χ1n) is 8.49. The van der Waals surface area contributed by atoms with Crippen LogP contribution in [0, 0.1) is 6.92 Å². The van der Waals surface area contributed by atoms with Crippen molar-refractivity contribution in [2.75, 3.05) is 13.7 Å². The molecule has 1 N–H and O–H groups in total. The molecule has 1 aliphatic heterocycles. The van der Waals surface area contributed by atoms with Crippen LogP contribution in [0.15, 0.2) is 30.3 Å². The van der Waals surface area contributed by atoms with Crippen molar-refractivity contribution >= 4 is 5.91 Å². The second-order valence-electron chi connectivity index (χ2n) is 6.34. The van der Waals surface area contributed by atoms with Gasteiger partial charge in [0, 0.05) is 6.54 Å². The number of rotatable bonds is 4. The molecule has 1 amide bonds. The number of ether oxygens (including phenoxy) is 1. The maximum Gasteiger partial charge on any atom is 0.256 e. The van der Waals surface area contributed by atoms with Crippen LogP contribution < -0.4 is 4.74 Å². The summed E-state index contributed by atoms with van der Waals surface area (Å²) in [5, 5.41) is 18.4. The Hall–Kier alpha value is -2.47. The Balaban J connectivity index is 1.96. The lowest BCUT2D eigenvalue weighted by Crippen LogP contribution is -2.32. The number of aromatic nitrogens is 2. The van der Waals surface area contributed by atoms with Crippen molar-refractivity contribution in [3.05, 3.63) is 52.8 Å². The highest BCUT2D eigenvalue weighted by atomic mass is 16.5. The number of nitrogens with zero attached hydrogens (tertiary/aromatic N) is 3. The van der Waals surface area contributed by atoms with E-state index in [-0.39, 0.29) is 11.9 Å². The molecule has 1 aromatic heterocycles. The fourth-order valence-electron chi connectivity index (χ4n) is 3.32. The lowest BCUT2D eigenvalue weighted by molar-refractivity contribution is 0.0713. The topological polar surface area (TPSA) is 75.6 Å². The molecule has 2 atom stereocenters. The number of benzene rings is 1. The highest BCUT2D eigenvalue weighted by Crippen LogP contribution is 2.35. The molecule has 1 fully saturated rings. The molecular formula is C19H23N3O3. The van der Waals surface area contributed by atoms with Crippen LogP contribution in [0.25, 0.3) is 0 Å². The predicted octanol–water partition coefficient (Wildman–Crippen LogP) is 2.30. The van der Waals surface area contributed by atoms with Crippen LogP contribution in [0.3, 0.4) is 0 Å². The first-order chi connectivity index (χ1) is 12.0. The van der Waals surface area contributed by atoms with Crippen LogP contribution in [-0.2, 0) is 6.42 Å². The van der Waals surface area contributed by atoms with Gasteiger partial charge < -0.3 is 14.7 Å². The van der Waals surface area contributed by atoms with Gasteiger partial charge in [0.15, 0.2) is 0 Å². The number of hydrogen-bond donors (Lipinski definition) is 1. The summed E-state index contributed by atoms with van der Waals surface area (Å²) in [6, 6.07) is 9.24. The second kappa shape index (κ2) is 7.19. The van der Waals surface area contributed by atoms with Gasteiger partial charge in [-0.05, 0) is 43.5 Å². The first-order valence-corrected chi connectivity index (χ1v) is 8.49. The Morgan fingerprint density at radius 1 is 1.36 bits per heavy atom. The molecule has 25 heavy (non-hydrogen) atoms. The Morgan fingerprint density at radius 3 is 2.88 bits per heavy atom. The number of hydrogen-bond acceptors (Lipinski definition) is 5. The maximum absolute atomic E-state index is 13.2. The van der Waals surface area contributed by atoms with Gasteiger partial charge in [-0.1, -0.05) is 19.1 Å². The number of β-amino-alcohol motifs (C(OH)–C–C–N with tert-alkyl or cyclic N) is 1. The molecule has 0 aliphatic carbocycles. The summed E-state index contributed by atoms with van der Waals surface area (Å²) < 4.78 is 5.29. The molecule has 1 aliphatic rings. The third-order valence-corrected chi connectivity index (χ3v) is 4.58. The van der Waals surface area contributed by atoms with Gasteiger partial charge >= 0.3 is 0 Å². The van der Waals surface area contributed by atoms with Crippen molar-refractivity contribution in [2.45, 2.75) is 38.8 Å². The number of amides is 1. The van der Waals surface area contributed by atoms with E-state index in [4.69, 9.17) is 4.74 Å². The summed E-state index contributed by atoms with van der Waals surface area (Å²) in [5.41, 5.74) is 2.91. The van der Waals surface area contributed by atoms with Gasteiger partial charge in [-0.2, -0.15) is 10.2 Å². The third kappa shape index (κ3) is 3.49. The van der Waals surface area contributed by atoms with E-state index in [1.807, 2.05) is 38.1 Å². The average molecular weight is 341 g/mol. The van der Waals surface area contributed by atoms with Crippen LogP contribution in [0.5, 0.6) is 5.75 Å². The lowest BCUT2D eigenvalue weighted by Gasteiger charge is -2.25. The standard InChI is InChI=1S/C19H23N3O3/c1-4-17-16(8-12(2)20-21-17)19(24)22-11-14(23)10-18(22)13-6-5-7-15(9-13)25-3/h5-9,14,18,23H,4,10-11H2,1-3H3/t14-,18-/m1/s1. The van der Waals surface area contributed by atoms with Crippen molar-refractivity contribution in [3.8, 4) is 5.75 Å². The van der Waals surface area contributed by atoms with Gasteiger partial charge in [0.05, 0.1) is 36.2 Å². The van der Waals surface area contributed by atoms with Crippen LogP contribution >= 0.6 is 0 Å². The predicted molar refractivity (Wildman–Crippen MR) is 93.5 cm³/mol. The zero-order chi connectivity index (χ0) is 18.0. The molecule has 132 valence electrons. The average Bonchev–Trinajstić information content (AvgIpc) is 3.03. The number of carbonyl (C=O) groups excluding carboxylic acids is 1. The quantitative estimate of drug-likeness (QED) is 0.923. The molecule has 6 nitrogen and oxygen atoms in total. The fraction of sp³-hybridized carbons (Fsp3) is 0.421. The number of aliphatic hydroxyl groups excluding tert-OH is 1. The Labute approximate surface area is 147 Å². The summed E-state index contributed by atoms with van der Waals surface area (Å²) in [5.74, 6) is 0.626. The number of carbonyl (C=O) groups is 1. The number of aryl methyl sites for hydroxylation is 2. The normalized spacial score (nSPS) is 19.9. The van der Waals surface area contributed by atoms with Gasteiger partial charge in [0.25, 0.3) is 5.91 Å². The minimum atomic E-state index is -0.541. The molecule has 0 saturated carbocycles. The number of methoxy groups -OCH3 is 1. The molecule has 0 radical (unpaired) electrons. The SMILES string of the molecule is CCc1nnc(C)cc1C(=O)N1C[C@H](O)C[C@@H]1c1cccc(OC)c1. The van der Waals surface area contributed by atoms with E-state index < -0.39 is 6.10 Å². The molecule has 6 heteroatoms. The van der Waals surface area contributed by atoms with Crippen LogP contribution in [-0.4, -0.2) is 45.9 Å². The lowest BCUT2D eigenvalue weighted by atomic mass is 10.0. The highest BCUT2D eigenvalue weighted by Gasteiger charge is 2.36. The van der Waals surface area contributed by atoms with Gasteiger partial charge in [-0.15, -0.1) is 0 Å². The molecule has 2 heterocycles. The van der Waals surface area contributed by atoms with Gasteiger partial charge in [-0.3, -0.25) is 4.79 Å². The molecule has 0 unspecified atom stereocenters. The zero-order valence-electron chi connectivity index (χ0n) is 14.8. The summed E-state index contributed by atoms with van der Waals surface area (Å²) in [6.07, 6.45) is 0.605. The molecule has 2 aromatic rings. The van der Waals surface area contributed by atoms with Crippen molar-refractivity contribution in [1.82, 2.24) is 15.1 Å². The number of likely N-dealkylation sites (tertiary alicyclic amines) is 1. The third-order valence-electron chi connectivity index (χ3n) is 4.58. The van der Waals surface area contributed by atoms with E-state index in [0.29, 0.717) is 36.3 Å². The van der Waals surface area contributed by atoms with Crippen molar-refractivity contribution in [1.29, 1.82) is 0 Å². The second-order valence-corrected chi connectivity index (χ2v) is 6.34. The smallest absolute Gasteiger partial charge is 0.256 e. The Morgan fingerprint density at radius 2 is 2.16 bits per heavy atom. The van der Waals surface area contributed by atoms with Crippen molar-refractivity contribution in [3.63, 3.8) is 0 Å². The molecule has 0 spiro atoms. The van der Waals surface area contributed by atoms with E-state index in [1.165, 1.54) is 0 Å². The van der Waals surface area contributed by atoms with Crippen LogP contribution in [0.2, 0.25) is 0 Å². The van der Waals surface area contributed by atoms with E-state index in [1.54, 1.807) is 18.1 Å². The van der Waals surface area contributed by atoms with E-state index in [0.717, 1.165) is 11.3 Å². The Kier molecular flexibility index (Phi) is 4.99. The van der Waals surface area contributed by atoms with Crippen molar-refractivity contribution in [2.24, 2.45) is 0 Å². The summed E-state index contributed by atoms with van der Waals surface area (Å²) in [6.45, 7) is 4.08. The van der Waals surface area contributed by atoms with Crippen molar-refractivity contribution < 1.29 is 14.6 Å². The molecule has 1 aromatic carbocycles. The summed E-state index contributed by atoms with van der Waals surface area (Å²) in [4.78, 5) is 14.9. The van der Waals surface area contributed by atoms with Crippen LogP contribution in [0.1, 0.15) is 46.7 Å². The number of aliphatic hydroxyl groups is 1. The highest BCUT2D eigenvalue weighted by molar-refractivity contribution is 5.95. The Bertz CT molecular complexity index is 778.